The van der Waals surface area contributed by atoms with Crippen LogP contribution in [0.5, 0.6) is 5.75 Å². The van der Waals surface area contributed by atoms with Gasteiger partial charge in [-0.1, -0.05) is 67.6 Å². The predicted octanol–water partition coefficient (Wildman–Crippen LogP) is 5.60. The van der Waals surface area contributed by atoms with Crippen LogP contribution in [-0.2, 0) is 11.2 Å². The van der Waals surface area contributed by atoms with Crippen molar-refractivity contribution in [2.75, 3.05) is 6.61 Å². The SMILES string of the molecule is CCCOC(Cc1ccccc1)c1cc(O)c(C(c2ccccc2)C2CC2)c(=O)o1. The van der Waals surface area contributed by atoms with E-state index in [1.54, 1.807) is 6.07 Å². The Morgan fingerprint density at radius 1 is 1.07 bits per heavy atom. The Bertz CT molecular complexity index is 1010. The number of benzene rings is 2. The summed E-state index contributed by atoms with van der Waals surface area (Å²) in [6, 6.07) is 21.5. The van der Waals surface area contributed by atoms with Crippen LogP contribution in [0.2, 0.25) is 0 Å². The molecule has 4 heteroatoms. The molecule has 0 radical (unpaired) electrons. The molecule has 3 aromatic rings. The van der Waals surface area contributed by atoms with E-state index in [0.717, 1.165) is 30.4 Å². The molecule has 0 bridgehead atoms. The molecule has 4 nitrogen and oxygen atoms in total. The van der Waals surface area contributed by atoms with Gasteiger partial charge in [0, 0.05) is 25.0 Å². The van der Waals surface area contributed by atoms with Gasteiger partial charge in [0.15, 0.2) is 0 Å². The second-order valence-corrected chi connectivity index (χ2v) is 8.01. The van der Waals surface area contributed by atoms with Gasteiger partial charge in [-0.05, 0) is 36.3 Å². The molecule has 1 heterocycles. The molecule has 1 saturated carbocycles. The van der Waals surface area contributed by atoms with E-state index in [0.29, 0.717) is 30.3 Å². The molecule has 2 aromatic carbocycles. The van der Waals surface area contributed by atoms with Gasteiger partial charge >= 0.3 is 5.63 Å². The van der Waals surface area contributed by atoms with Crippen LogP contribution in [0.1, 0.15) is 60.7 Å². The highest BCUT2D eigenvalue weighted by Gasteiger charge is 2.37. The Morgan fingerprint density at radius 3 is 2.33 bits per heavy atom. The molecule has 1 aliphatic rings. The molecule has 2 atom stereocenters. The summed E-state index contributed by atoms with van der Waals surface area (Å²) >= 11 is 0. The zero-order chi connectivity index (χ0) is 20.9. The molecule has 0 saturated heterocycles. The Morgan fingerprint density at radius 2 is 1.73 bits per heavy atom. The van der Waals surface area contributed by atoms with Crippen molar-refractivity contribution in [2.45, 2.75) is 44.6 Å². The minimum absolute atomic E-state index is 0.000151. The molecule has 4 rings (SSSR count). The van der Waals surface area contributed by atoms with E-state index >= 15 is 0 Å². The fourth-order valence-electron chi connectivity index (χ4n) is 4.05. The van der Waals surface area contributed by atoms with E-state index in [1.807, 2.05) is 67.6 Å². The van der Waals surface area contributed by atoms with Crippen LogP contribution in [0.3, 0.4) is 0 Å². The maximum Gasteiger partial charge on any atom is 0.343 e. The van der Waals surface area contributed by atoms with Crippen molar-refractivity contribution in [3.63, 3.8) is 0 Å². The van der Waals surface area contributed by atoms with Crippen molar-refractivity contribution >= 4 is 0 Å². The third kappa shape index (κ3) is 4.65. The molecular formula is C26H28O4. The topological polar surface area (TPSA) is 59.7 Å². The smallest absolute Gasteiger partial charge is 0.343 e. The molecule has 0 spiro atoms. The summed E-state index contributed by atoms with van der Waals surface area (Å²) < 4.78 is 11.8. The van der Waals surface area contributed by atoms with Crippen LogP contribution in [-0.4, -0.2) is 11.7 Å². The summed E-state index contributed by atoms with van der Waals surface area (Å²) in [5.74, 6) is 0.602. The van der Waals surface area contributed by atoms with E-state index in [4.69, 9.17) is 9.15 Å². The standard InChI is InChI=1S/C26H28O4/c1-2-15-29-22(16-18-9-5-3-6-10-18)23-17-21(27)25(26(28)30-23)24(20-13-14-20)19-11-7-4-8-12-19/h3-12,17,20,22,24,27H,2,13-16H2,1H3. The summed E-state index contributed by atoms with van der Waals surface area (Å²) in [5.41, 5.74) is 2.02. The minimum atomic E-state index is -0.469. The average molecular weight is 405 g/mol. The third-order valence-corrected chi connectivity index (χ3v) is 5.65. The lowest BCUT2D eigenvalue weighted by molar-refractivity contribution is 0.0357. The highest BCUT2D eigenvalue weighted by Crippen LogP contribution is 2.47. The van der Waals surface area contributed by atoms with Crippen molar-refractivity contribution in [1.29, 1.82) is 0 Å². The van der Waals surface area contributed by atoms with Gasteiger partial charge in [-0.2, -0.15) is 0 Å². The Hall–Kier alpha value is -2.85. The van der Waals surface area contributed by atoms with Crippen LogP contribution in [0.25, 0.3) is 0 Å². The quantitative estimate of drug-likeness (QED) is 0.504. The first-order valence-electron chi connectivity index (χ1n) is 10.7. The fraction of sp³-hybridized carbons (Fsp3) is 0.346. The third-order valence-electron chi connectivity index (χ3n) is 5.65. The van der Waals surface area contributed by atoms with Crippen molar-refractivity contribution in [2.24, 2.45) is 5.92 Å². The number of aromatic hydroxyl groups is 1. The molecule has 1 fully saturated rings. The van der Waals surface area contributed by atoms with Gasteiger partial charge in [-0.15, -0.1) is 0 Å². The molecule has 156 valence electrons. The van der Waals surface area contributed by atoms with Crippen molar-refractivity contribution < 1.29 is 14.3 Å². The monoisotopic (exact) mass is 404 g/mol. The highest BCUT2D eigenvalue weighted by molar-refractivity contribution is 5.41. The summed E-state index contributed by atoms with van der Waals surface area (Å²) in [4.78, 5) is 13.1. The minimum Gasteiger partial charge on any atom is -0.507 e. The van der Waals surface area contributed by atoms with Crippen LogP contribution >= 0.6 is 0 Å². The highest BCUT2D eigenvalue weighted by atomic mass is 16.5. The van der Waals surface area contributed by atoms with Gasteiger partial charge < -0.3 is 14.3 Å². The summed E-state index contributed by atoms with van der Waals surface area (Å²) in [5, 5.41) is 10.9. The average Bonchev–Trinajstić information content (AvgIpc) is 3.60. The summed E-state index contributed by atoms with van der Waals surface area (Å²) in [6.45, 7) is 2.59. The first-order chi connectivity index (χ1) is 14.7. The second-order valence-electron chi connectivity index (χ2n) is 8.01. The molecule has 30 heavy (non-hydrogen) atoms. The van der Waals surface area contributed by atoms with E-state index < -0.39 is 11.7 Å². The van der Waals surface area contributed by atoms with Gasteiger partial charge in [-0.25, -0.2) is 4.79 Å². The Balaban J connectivity index is 1.68. The number of ether oxygens (including phenoxy) is 1. The number of hydrogen-bond acceptors (Lipinski definition) is 4. The lowest BCUT2D eigenvalue weighted by atomic mass is 9.87. The van der Waals surface area contributed by atoms with Crippen molar-refractivity contribution in [3.05, 3.63) is 99.6 Å². The molecule has 2 unspecified atom stereocenters. The van der Waals surface area contributed by atoms with Crippen molar-refractivity contribution in [3.8, 4) is 5.75 Å². The number of hydrogen-bond donors (Lipinski definition) is 1. The number of rotatable bonds is 9. The fourth-order valence-corrected chi connectivity index (χ4v) is 4.05. The zero-order valence-electron chi connectivity index (χ0n) is 17.3. The zero-order valence-corrected chi connectivity index (χ0v) is 17.3. The molecule has 1 N–H and O–H groups in total. The van der Waals surface area contributed by atoms with Crippen LogP contribution in [0, 0.1) is 5.92 Å². The van der Waals surface area contributed by atoms with Crippen LogP contribution in [0.4, 0.5) is 0 Å². The lowest BCUT2D eigenvalue weighted by Crippen LogP contribution is -2.18. The van der Waals surface area contributed by atoms with Gasteiger partial charge in [0.05, 0.1) is 5.56 Å². The first-order valence-corrected chi connectivity index (χ1v) is 10.7. The maximum atomic E-state index is 13.1. The Kier molecular flexibility index (Phi) is 6.34. The van der Waals surface area contributed by atoms with E-state index in [2.05, 4.69) is 0 Å². The lowest BCUT2D eigenvalue weighted by Gasteiger charge is -2.20. The molecular weight excluding hydrogens is 376 g/mol. The van der Waals surface area contributed by atoms with Crippen LogP contribution in [0.15, 0.2) is 75.9 Å². The first kappa shape index (κ1) is 20.4. The normalized spacial score (nSPS) is 15.6. The molecule has 0 aliphatic heterocycles. The van der Waals surface area contributed by atoms with Crippen LogP contribution < -0.4 is 5.63 Å². The molecule has 0 amide bonds. The largest absolute Gasteiger partial charge is 0.507 e. The van der Waals surface area contributed by atoms with Gasteiger partial charge in [0.25, 0.3) is 0 Å². The van der Waals surface area contributed by atoms with E-state index in [1.165, 1.54) is 0 Å². The predicted molar refractivity (Wildman–Crippen MR) is 117 cm³/mol. The van der Waals surface area contributed by atoms with Gasteiger partial charge in [0.1, 0.15) is 17.6 Å². The Labute approximate surface area is 177 Å². The maximum absolute atomic E-state index is 13.1. The molecule has 1 aliphatic carbocycles. The van der Waals surface area contributed by atoms with Crippen molar-refractivity contribution in [1.82, 2.24) is 0 Å². The van der Waals surface area contributed by atoms with Gasteiger partial charge in [-0.3, -0.25) is 0 Å². The summed E-state index contributed by atoms with van der Waals surface area (Å²) in [7, 11) is 0. The molecule has 1 aromatic heterocycles. The summed E-state index contributed by atoms with van der Waals surface area (Å²) in [6.07, 6.45) is 3.12. The van der Waals surface area contributed by atoms with E-state index in [-0.39, 0.29) is 11.7 Å². The second kappa shape index (κ2) is 9.31. The van der Waals surface area contributed by atoms with Gasteiger partial charge in [0.2, 0.25) is 0 Å². The van der Waals surface area contributed by atoms with E-state index in [9.17, 15) is 9.90 Å².